The van der Waals surface area contributed by atoms with Crippen molar-refractivity contribution >= 4 is 31.9 Å². The van der Waals surface area contributed by atoms with Gasteiger partial charge >= 0.3 is 5.97 Å². The van der Waals surface area contributed by atoms with Crippen LogP contribution in [0, 0.1) is 5.92 Å². The third kappa shape index (κ3) is 5.75. The molecule has 128 valence electrons. The zero-order valence-electron chi connectivity index (χ0n) is 13.5. The van der Waals surface area contributed by atoms with Gasteiger partial charge in [0.15, 0.2) is 0 Å². The second kappa shape index (κ2) is 8.61. The first-order valence-corrected chi connectivity index (χ1v) is 9.47. The van der Waals surface area contributed by atoms with Crippen molar-refractivity contribution in [2.24, 2.45) is 5.92 Å². The summed E-state index contributed by atoms with van der Waals surface area (Å²) < 4.78 is 31.7. The molecular weight excluding hydrogens is 382 g/mol. The monoisotopic (exact) mass is 403 g/mol. The highest BCUT2D eigenvalue weighted by atomic mass is 79.9. The van der Waals surface area contributed by atoms with Gasteiger partial charge in [-0.05, 0) is 30.0 Å². The third-order valence-corrected chi connectivity index (χ3v) is 5.29. The van der Waals surface area contributed by atoms with E-state index in [0.717, 1.165) is 19.7 Å². The third-order valence-electron chi connectivity index (χ3n) is 3.30. The quantitative estimate of drug-likeness (QED) is 0.624. The summed E-state index contributed by atoms with van der Waals surface area (Å²) in [5.41, 5.74) is 0.774. The Bertz CT molecular complexity index is 641. The molecule has 0 bridgehead atoms. The molecule has 0 saturated heterocycles. The fraction of sp³-hybridized carbons (Fsp3) is 0.438. The average molecular weight is 404 g/mol. The minimum atomic E-state index is -3.78. The number of benzene rings is 1. The summed E-state index contributed by atoms with van der Waals surface area (Å²) in [7, 11) is -2.53. The molecule has 1 rings (SSSR count). The number of nitrogens with zero attached hydrogens (tertiary/aromatic N) is 1. The Labute approximate surface area is 146 Å². The summed E-state index contributed by atoms with van der Waals surface area (Å²) >= 11 is 3.34. The van der Waals surface area contributed by atoms with Crippen molar-refractivity contribution < 1.29 is 17.9 Å². The second-order valence-electron chi connectivity index (χ2n) is 5.55. The van der Waals surface area contributed by atoms with Crippen LogP contribution in [0.25, 0.3) is 0 Å². The largest absolute Gasteiger partial charge is 0.468 e. The van der Waals surface area contributed by atoms with Crippen LogP contribution < -0.4 is 0 Å². The number of rotatable bonds is 8. The lowest BCUT2D eigenvalue weighted by molar-refractivity contribution is -0.145. The van der Waals surface area contributed by atoms with E-state index in [2.05, 4.69) is 22.5 Å². The number of carbonyl (C=O) groups excluding carboxylic acids is 1. The van der Waals surface area contributed by atoms with Crippen LogP contribution in [0.2, 0.25) is 0 Å². The van der Waals surface area contributed by atoms with E-state index in [1.807, 2.05) is 26.0 Å². The molecular formula is C16H22BrNO4S. The minimum absolute atomic E-state index is 0.0775. The van der Waals surface area contributed by atoms with Gasteiger partial charge in [0.1, 0.15) is 6.04 Å². The van der Waals surface area contributed by atoms with E-state index in [1.54, 1.807) is 12.1 Å². The van der Waals surface area contributed by atoms with Crippen molar-refractivity contribution in [2.75, 3.05) is 7.11 Å². The molecule has 1 aromatic rings. The maximum Gasteiger partial charge on any atom is 0.324 e. The lowest BCUT2D eigenvalue weighted by Gasteiger charge is -2.29. The standard InChI is InChI=1S/C16H22BrNO4S/c1-5-23(20,21)18(11-13-6-8-14(17)9-7-13)15(10-12(2)3)16(19)22-4/h5-9,12,15H,1,10-11H2,2-4H3/t15-/m0/s1. The predicted octanol–water partition coefficient (Wildman–Crippen LogP) is 3.31. The number of halogens is 1. The maximum absolute atomic E-state index is 12.4. The molecule has 1 atom stereocenters. The van der Waals surface area contributed by atoms with Crippen molar-refractivity contribution in [1.82, 2.24) is 4.31 Å². The van der Waals surface area contributed by atoms with E-state index in [-0.39, 0.29) is 12.5 Å². The van der Waals surface area contributed by atoms with Crippen LogP contribution in [0.5, 0.6) is 0 Å². The molecule has 0 aliphatic rings. The van der Waals surface area contributed by atoms with Crippen molar-refractivity contribution in [2.45, 2.75) is 32.9 Å². The molecule has 0 fully saturated rings. The number of sulfonamides is 1. The van der Waals surface area contributed by atoms with Crippen LogP contribution in [0.1, 0.15) is 25.8 Å². The SMILES string of the molecule is C=CS(=O)(=O)N(Cc1ccc(Br)cc1)[C@@H](CC(C)C)C(=O)OC. The summed E-state index contributed by atoms with van der Waals surface area (Å²) in [5.74, 6) is -0.437. The van der Waals surface area contributed by atoms with E-state index < -0.39 is 22.0 Å². The van der Waals surface area contributed by atoms with Crippen LogP contribution in [0.15, 0.2) is 40.7 Å². The predicted molar refractivity (Wildman–Crippen MR) is 94.1 cm³/mol. The molecule has 5 nitrogen and oxygen atoms in total. The first kappa shape index (κ1) is 19.9. The molecule has 1 aromatic carbocycles. The highest BCUT2D eigenvalue weighted by Crippen LogP contribution is 2.22. The van der Waals surface area contributed by atoms with Gasteiger partial charge in [0, 0.05) is 16.4 Å². The molecule has 0 aromatic heterocycles. The Hall–Kier alpha value is -1.18. The first-order chi connectivity index (χ1) is 10.7. The Morgan fingerprint density at radius 1 is 1.35 bits per heavy atom. The molecule has 0 amide bonds. The molecule has 0 N–H and O–H groups in total. The number of methoxy groups -OCH3 is 1. The van der Waals surface area contributed by atoms with E-state index in [0.29, 0.717) is 6.42 Å². The highest BCUT2D eigenvalue weighted by molar-refractivity contribution is 9.10. The fourth-order valence-electron chi connectivity index (χ4n) is 2.16. The van der Waals surface area contributed by atoms with Gasteiger partial charge in [-0.1, -0.05) is 48.5 Å². The van der Waals surface area contributed by atoms with E-state index in [4.69, 9.17) is 4.74 Å². The van der Waals surface area contributed by atoms with Gasteiger partial charge in [-0.15, -0.1) is 0 Å². The van der Waals surface area contributed by atoms with Crippen LogP contribution in [0.4, 0.5) is 0 Å². The van der Waals surface area contributed by atoms with Crippen molar-refractivity contribution in [3.8, 4) is 0 Å². The molecule has 0 aliphatic carbocycles. The van der Waals surface area contributed by atoms with Crippen molar-refractivity contribution in [3.63, 3.8) is 0 Å². The number of carbonyl (C=O) groups is 1. The zero-order valence-corrected chi connectivity index (χ0v) is 15.9. The van der Waals surface area contributed by atoms with Gasteiger partial charge in [-0.3, -0.25) is 4.79 Å². The zero-order chi connectivity index (χ0) is 17.6. The fourth-order valence-corrected chi connectivity index (χ4v) is 3.47. The number of esters is 1. The number of ether oxygens (including phenoxy) is 1. The minimum Gasteiger partial charge on any atom is -0.468 e. The van der Waals surface area contributed by atoms with Gasteiger partial charge in [-0.2, -0.15) is 4.31 Å². The van der Waals surface area contributed by atoms with E-state index in [9.17, 15) is 13.2 Å². The molecule has 0 aliphatic heterocycles. The van der Waals surface area contributed by atoms with Crippen LogP contribution in [0.3, 0.4) is 0 Å². The van der Waals surface area contributed by atoms with Crippen LogP contribution >= 0.6 is 15.9 Å². The van der Waals surface area contributed by atoms with Crippen molar-refractivity contribution in [1.29, 1.82) is 0 Å². The Kier molecular flexibility index (Phi) is 7.44. The molecule has 7 heteroatoms. The topological polar surface area (TPSA) is 63.7 Å². The van der Waals surface area contributed by atoms with Crippen LogP contribution in [-0.2, 0) is 26.1 Å². The summed E-state index contributed by atoms with van der Waals surface area (Å²) in [4.78, 5) is 12.1. The summed E-state index contributed by atoms with van der Waals surface area (Å²) in [6.45, 7) is 7.29. The van der Waals surface area contributed by atoms with Gasteiger partial charge < -0.3 is 4.74 Å². The van der Waals surface area contributed by atoms with Gasteiger partial charge in [-0.25, -0.2) is 8.42 Å². The second-order valence-corrected chi connectivity index (χ2v) is 8.30. The Balaban J connectivity index is 3.23. The van der Waals surface area contributed by atoms with Gasteiger partial charge in [0.25, 0.3) is 0 Å². The summed E-state index contributed by atoms with van der Waals surface area (Å²) in [6.07, 6.45) is 0.371. The van der Waals surface area contributed by atoms with Crippen molar-refractivity contribution in [3.05, 3.63) is 46.3 Å². The van der Waals surface area contributed by atoms with Gasteiger partial charge in [0.05, 0.1) is 7.11 Å². The van der Waals surface area contributed by atoms with Gasteiger partial charge in [0.2, 0.25) is 10.0 Å². The molecule has 0 spiro atoms. The Morgan fingerprint density at radius 2 is 1.91 bits per heavy atom. The number of hydrogen-bond acceptors (Lipinski definition) is 4. The molecule has 0 heterocycles. The molecule has 23 heavy (non-hydrogen) atoms. The maximum atomic E-state index is 12.4. The Morgan fingerprint density at radius 3 is 2.35 bits per heavy atom. The molecule has 0 unspecified atom stereocenters. The van der Waals surface area contributed by atoms with Crippen LogP contribution in [-0.4, -0.2) is 31.8 Å². The van der Waals surface area contributed by atoms with E-state index >= 15 is 0 Å². The summed E-state index contributed by atoms with van der Waals surface area (Å²) in [5, 5.41) is 0.863. The highest BCUT2D eigenvalue weighted by Gasteiger charge is 2.34. The van der Waals surface area contributed by atoms with E-state index in [1.165, 1.54) is 7.11 Å². The summed E-state index contributed by atoms with van der Waals surface area (Å²) in [6, 6.07) is 6.37. The lowest BCUT2D eigenvalue weighted by atomic mass is 10.0. The molecule has 0 radical (unpaired) electrons. The lowest BCUT2D eigenvalue weighted by Crippen LogP contribution is -2.45. The normalized spacial score (nSPS) is 13.1. The molecule has 0 saturated carbocycles. The average Bonchev–Trinajstić information content (AvgIpc) is 2.51. The number of hydrogen-bond donors (Lipinski definition) is 0. The first-order valence-electron chi connectivity index (χ1n) is 7.17. The smallest absolute Gasteiger partial charge is 0.324 e.